The maximum atomic E-state index is 13.2. The number of hydrogen-bond donors (Lipinski definition) is 1. The first-order valence-corrected chi connectivity index (χ1v) is 12.1. The Morgan fingerprint density at radius 3 is 2.11 bits per heavy atom. The number of rotatable bonds is 8. The zero-order valence-electron chi connectivity index (χ0n) is 19.9. The number of amides is 2. The average Bonchev–Trinajstić information content (AvgIpc) is 2.89. The Balaban J connectivity index is 1.12. The molecule has 0 bridgehead atoms. The van der Waals surface area contributed by atoms with Crippen LogP contribution < -0.4 is 9.47 Å². The fourth-order valence-electron chi connectivity index (χ4n) is 5.07. The van der Waals surface area contributed by atoms with Crippen LogP contribution in [-0.4, -0.2) is 72.7 Å². The molecule has 7 heteroatoms. The highest BCUT2D eigenvalue weighted by Crippen LogP contribution is 2.31. The zero-order chi connectivity index (χ0) is 24.4. The van der Waals surface area contributed by atoms with Gasteiger partial charge in [-0.25, -0.2) is 0 Å². The van der Waals surface area contributed by atoms with Gasteiger partial charge in [0.15, 0.2) is 0 Å². The van der Waals surface area contributed by atoms with E-state index in [9.17, 15) is 14.7 Å². The third kappa shape index (κ3) is 4.88. The maximum Gasteiger partial charge on any atom is 0.261 e. The molecule has 0 aromatic heterocycles. The quantitative estimate of drug-likeness (QED) is 0.503. The van der Waals surface area contributed by atoms with Crippen LogP contribution >= 0.6 is 0 Å². The molecule has 1 atom stereocenters. The smallest absolute Gasteiger partial charge is 0.261 e. The van der Waals surface area contributed by atoms with E-state index in [1.165, 1.54) is 4.90 Å². The van der Waals surface area contributed by atoms with E-state index in [0.29, 0.717) is 30.0 Å². The predicted octanol–water partition coefficient (Wildman–Crippen LogP) is 3.60. The normalized spacial score (nSPS) is 17.6. The van der Waals surface area contributed by atoms with Gasteiger partial charge in [-0.15, -0.1) is 0 Å². The summed E-state index contributed by atoms with van der Waals surface area (Å²) >= 11 is 0. The summed E-state index contributed by atoms with van der Waals surface area (Å²) in [7, 11) is 1.62. The second-order valence-electron chi connectivity index (χ2n) is 9.31. The molecule has 5 rings (SSSR count). The van der Waals surface area contributed by atoms with Crippen LogP contribution in [0.5, 0.6) is 11.5 Å². The van der Waals surface area contributed by atoms with Gasteiger partial charge in [-0.2, -0.15) is 0 Å². The Hall–Kier alpha value is -3.42. The summed E-state index contributed by atoms with van der Waals surface area (Å²) in [5.74, 6) is 1.30. The van der Waals surface area contributed by atoms with Crippen LogP contribution in [-0.2, 0) is 0 Å². The van der Waals surface area contributed by atoms with Crippen molar-refractivity contribution in [1.29, 1.82) is 0 Å². The van der Waals surface area contributed by atoms with Gasteiger partial charge in [0.2, 0.25) is 0 Å². The molecule has 0 radical (unpaired) electrons. The number of carbonyl (C=O) groups is 2. The summed E-state index contributed by atoms with van der Waals surface area (Å²) in [4.78, 5) is 30.0. The highest BCUT2D eigenvalue weighted by molar-refractivity contribution is 6.25. The Morgan fingerprint density at radius 1 is 0.914 bits per heavy atom. The number of aliphatic hydroxyl groups is 1. The van der Waals surface area contributed by atoms with Gasteiger partial charge in [0.1, 0.15) is 24.2 Å². The molecule has 1 saturated heterocycles. The van der Waals surface area contributed by atoms with Gasteiger partial charge in [-0.05, 0) is 73.6 Å². The number of likely N-dealkylation sites (tertiary alicyclic amines) is 1. The number of aliphatic hydroxyl groups excluding tert-OH is 1. The molecule has 1 fully saturated rings. The Bertz CT molecular complexity index is 1170. The van der Waals surface area contributed by atoms with Crippen molar-refractivity contribution in [2.45, 2.75) is 18.9 Å². The third-order valence-corrected chi connectivity index (χ3v) is 6.97. The van der Waals surface area contributed by atoms with Gasteiger partial charge in [0.05, 0.1) is 7.11 Å². The molecule has 3 aromatic carbocycles. The number of hydrogen-bond acceptors (Lipinski definition) is 6. The monoisotopic (exact) mass is 474 g/mol. The SMILES string of the molecule is COc1ccc(OC[C@@H](O)CN2CCC(CN3C(=O)c4cccc5cccc(c45)C3=O)CC2)cc1. The minimum atomic E-state index is -0.601. The molecule has 1 N–H and O–H groups in total. The van der Waals surface area contributed by atoms with E-state index in [1.807, 2.05) is 60.7 Å². The standard InChI is InChI=1S/C28H30N2O5/c1-34-22-8-10-23(11-9-22)35-18-21(31)17-29-14-12-19(13-15-29)16-30-27(32)24-6-2-4-20-5-3-7-25(26(20)24)28(30)33/h2-11,19,21,31H,12-18H2,1H3/t21-/m0/s1. The molecule has 2 amide bonds. The predicted molar refractivity (Wildman–Crippen MR) is 133 cm³/mol. The lowest BCUT2D eigenvalue weighted by molar-refractivity contribution is 0.0453. The largest absolute Gasteiger partial charge is 0.497 e. The van der Waals surface area contributed by atoms with E-state index in [1.54, 1.807) is 7.11 Å². The Morgan fingerprint density at radius 2 is 1.51 bits per heavy atom. The van der Waals surface area contributed by atoms with Crippen molar-refractivity contribution in [2.75, 3.05) is 39.9 Å². The van der Waals surface area contributed by atoms with Crippen LogP contribution in [0.4, 0.5) is 0 Å². The first-order valence-electron chi connectivity index (χ1n) is 12.1. The fraction of sp³-hybridized carbons (Fsp3) is 0.357. The van der Waals surface area contributed by atoms with Crippen molar-refractivity contribution in [2.24, 2.45) is 5.92 Å². The van der Waals surface area contributed by atoms with E-state index in [0.717, 1.165) is 42.5 Å². The molecule has 0 spiro atoms. The number of β-amino-alcohol motifs (C(OH)–C–C–N with tert-alkyl or cyclic N) is 1. The molecule has 0 unspecified atom stereocenters. The third-order valence-electron chi connectivity index (χ3n) is 6.97. The van der Waals surface area contributed by atoms with Crippen LogP contribution in [0.1, 0.15) is 33.6 Å². The first kappa shape index (κ1) is 23.3. The van der Waals surface area contributed by atoms with E-state index in [4.69, 9.17) is 9.47 Å². The fourth-order valence-corrected chi connectivity index (χ4v) is 5.07. The van der Waals surface area contributed by atoms with Crippen molar-refractivity contribution in [3.05, 3.63) is 71.8 Å². The van der Waals surface area contributed by atoms with E-state index >= 15 is 0 Å². The van der Waals surface area contributed by atoms with E-state index in [2.05, 4.69) is 4.90 Å². The van der Waals surface area contributed by atoms with Crippen molar-refractivity contribution < 1.29 is 24.2 Å². The minimum Gasteiger partial charge on any atom is -0.497 e. The summed E-state index contributed by atoms with van der Waals surface area (Å²) in [5, 5.41) is 12.1. The summed E-state index contributed by atoms with van der Waals surface area (Å²) in [5.41, 5.74) is 1.21. The molecule has 2 heterocycles. The molecule has 182 valence electrons. The van der Waals surface area contributed by atoms with Crippen molar-refractivity contribution in [1.82, 2.24) is 9.80 Å². The van der Waals surface area contributed by atoms with Crippen LogP contribution in [0.25, 0.3) is 10.8 Å². The van der Waals surface area contributed by atoms with Crippen molar-refractivity contribution in [3.8, 4) is 11.5 Å². The number of imide groups is 1. The number of nitrogens with zero attached hydrogens (tertiary/aromatic N) is 2. The lowest BCUT2D eigenvalue weighted by atomic mass is 9.91. The molecule has 7 nitrogen and oxygen atoms in total. The van der Waals surface area contributed by atoms with Crippen LogP contribution in [0.2, 0.25) is 0 Å². The molecular formula is C28H30N2O5. The molecule has 3 aromatic rings. The number of piperidine rings is 1. The molecule has 0 saturated carbocycles. The highest BCUT2D eigenvalue weighted by Gasteiger charge is 2.34. The lowest BCUT2D eigenvalue weighted by Gasteiger charge is -2.36. The Kier molecular flexibility index (Phi) is 6.70. The topological polar surface area (TPSA) is 79.3 Å². The zero-order valence-corrected chi connectivity index (χ0v) is 19.9. The minimum absolute atomic E-state index is 0.201. The second-order valence-corrected chi connectivity index (χ2v) is 9.31. The lowest BCUT2D eigenvalue weighted by Crippen LogP contribution is -2.46. The van der Waals surface area contributed by atoms with Gasteiger partial charge >= 0.3 is 0 Å². The molecule has 2 aliphatic rings. The Labute approximate surface area is 204 Å². The van der Waals surface area contributed by atoms with Crippen LogP contribution in [0, 0.1) is 5.92 Å². The molecule has 2 aliphatic heterocycles. The van der Waals surface area contributed by atoms with Gasteiger partial charge in [0, 0.05) is 29.6 Å². The van der Waals surface area contributed by atoms with Crippen LogP contribution in [0.15, 0.2) is 60.7 Å². The van der Waals surface area contributed by atoms with Gasteiger partial charge in [0.25, 0.3) is 11.8 Å². The number of carbonyl (C=O) groups excluding carboxylic acids is 2. The van der Waals surface area contributed by atoms with Crippen LogP contribution in [0.3, 0.4) is 0 Å². The van der Waals surface area contributed by atoms with E-state index < -0.39 is 6.10 Å². The number of ether oxygens (including phenoxy) is 2. The van der Waals surface area contributed by atoms with Crippen molar-refractivity contribution >= 4 is 22.6 Å². The number of methoxy groups -OCH3 is 1. The summed E-state index contributed by atoms with van der Waals surface area (Å²) in [6.07, 6.45) is 1.14. The molecular weight excluding hydrogens is 444 g/mol. The van der Waals surface area contributed by atoms with Gasteiger partial charge < -0.3 is 19.5 Å². The summed E-state index contributed by atoms with van der Waals surface area (Å²) in [6, 6.07) is 18.5. The van der Waals surface area contributed by atoms with E-state index in [-0.39, 0.29) is 24.3 Å². The summed E-state index contributed by atoms with van der Waals surface area (Å²) in [6.45, 7) is 2.80. The molecule has 35 heavy (non-hydrogen) atoms. The number of benzene rings is 3. The van der Waals surface area contributed by atoms with Gasteiger partial charge in [-0.3, -0.25) is 14.5 Å². The van der Waals surface area contributed by atoms with Gasteiger partial charge in [-0.1, -0.05) is 24.3 Å². The average molecular weight is 475 g/mol. The van der Waals surface area contributed by atoms with Crippen molar-refractivity contribution in [3.63, 3.8) is 0 Å². The highest BCUT2D eigenvalue weighted by atomic mass is 16.5. The second kappa shape index (κ2) is 10.1. The maximum absolute atomic E-state index is 13.2. The summed E-state index contributed by atoms with van der Waals surface area (Å²) < 4.78 is 10.8. The first-order chi connectivity index (χ1) is 17.0. The molecule has 0 aliphatic carbocycles.